The summed E-state index contributed by atoms with van der Waals surface area (Å²) >= 11 is 0. The molecule has 1 aromatic carbocycles. The minimum Gasteiger partial charge on any atom is -0.508 e. The fourth-order valence-corrected chi connectivity index (χ4v) is 1.34. The van der Waals surface area contributed by atoms with Crippen molar-refractivity contribution in [1.82, 2.24) is 0 Å². The van der Waals surface area contributed by atoms with E-state index in [-0.39, 0.29) is 17.7 Å². The fraction of sp³-hybridized carbons (Fsp3) is 0.364. The highest BCUT2D eigenvalue weighted by atomic mass is 19.4. The second-order valence-electron chi connectivity index (χ2n) is 3.78. The molecule has 0 aliphatic heterocycles. The quantitative estimate of drug-likeness (QED) is 0.864. The Morgan fingerprint density at radius 2 is 2.00 bits per heavy atom. The highest BCUT2D eigenvalue weighted by Gasteiger charge is 2.31. The van der Waals surface area contributed by atoms with Gasteiger partial charge in [-0.1, -0.05) is 6.92 Å². The normalized spacial score (nSPS) is 13.4. The number of hydrogen-bond acceptors (Lipinski definition) is 2. The number of phenols is 1. The fourth-order valence-electron chi connectivity index (χ4n) is 1.34. The molecule has 0 spiro atoms. The first-order valence-corrected chi connectivity index (χ1v) is 4.83. The molecule has 0 aliphatic rings. The average molecular weight is 248 g/mol. The number of alkyl halides is 3. The van der Waals surface area contributed by atoms with Gasteiger partial charge in [0.15, 0.2) is 0 Å². The van der Waals surface area contributed by atoms with E-state index in [1.807, 2.05) is 0 Å². The zero-order chi connectivity index (χ0) is 13.2. The standard InChI is InChI=1S/C11H11F3O3/c1-6(10(16)17)4-7-5-8(11(12,13)14)2-3-9(7)15/h2-3,5-6,15H,4H2,1H3,(H,16,17). The number of aliphatic carboxylic acids is 1. The molecule has 1 rings (SSSR count). The van der Waals surface area contributed by atoms with Crippen molar-refractivity contribution in [2.75, 3.05) is 0 Å². The Kier molecular flexibility index (Phi) is 3.65. The molecule has 1 aromatic rings. The Labute approximate surface area is 95.5 Å². The largest absolute Gasteiger partial charge is 0.508 e. The molecule has 0 fully saturated rings. The molecule has 0 saturated heterocycles. The number of phenolic OH excluding ortho intramolecular Hbond substituents is 1. The number of benzene rings is 1. The van der Waals surface area contributed by atoms with Crippen LogP contribution < -0.4 is 0 Å². The van der Waals surface area contributed by atoms with E-state index in [2.05, 4.69) is 0 Å². The second-order valence-corrected chi connectivity index (χ2v) is 3.78. The summed E-state index contributed by atoms with van der Waals surface area (Å²) in [5.74, 6) is -2.31. The average Bonchev–Trinajstić information content (AvgIpc) is 2.19. The number of carboxylic acids is 1. The number of aromatic hydroxyl groups is 1. The molecule has 17 heavy (non-hydrogen) atoms. The maximum atomic E-state index is 12.4. The van der Waals surface area contributed by atoms with Crippen LogP contribution in [-0.2, 0) is 17.4 Å². The van der Waals surface area contributed by atoms with Crippen molar-refractivity contribution in [3.8, 4) is 5.75 Å². The maximum absolute atomic E-state index is 12.4. The Balaban J connectivity index is 3.03. The lowest BCUT2D eigenvalue weighted by Crippen LogP contribution is -2.13. The van der Waals surface area contributed by atoms with Gasteiger partial charge in [0.1, 0.15) is 5.75 Å². The topological polar surface area (TPSA) is 57.5 Å². The van der Waals surface area contributed by atoms with Crippen molar-refractivity contribution in [3.05, 3.63) is 29.3 Å². The first kappa shape index (κ1) is 13.3. The first-order valence-electron chi connectivity index (χ1n) is 4.83. The molecular weight excluding hydrogens is 237 g/mol. The molecule has 0 saturated carbocycles. The van der Waals surface area contributed by atoms with Gasteiger partial charge >= 0.3 is 12.1 Å². The number of hydrogen-bond donors (Lipinski definition) is 2. The minimum atomic E-state index is -4.51. The molecular formula is C11H11F3O3. The Morgan fingerprint density at radius 1 is 1.41 bits per heavy atom. The van der Waals surface area contributed by atoms with Crippen molar-refractivity contribution < 1.29 is 28.2 Å². The molecule has 1 atom stereocenters. The molecule has 94 valence electrons. The molecule has 0 amide bonds. The summed E-state index contributed by atoms with van der Waals surface area (Å²) < 4.78 is 37.2. The summed E-state index contributed by atoms with van der Waals surface area (Å²) in [7, 11) is 0. The number of rotatable bonds is 3. The van der Waals surface area contributed by atoms with Gasteiger partial charge in [-0.05, 0) is 30.2 Å². The molecule has 3 nitrogen and oxygen atoms in total. The van der Waals surface area contributed by atoms with Crippen LogP contribution in [0.15, 0.2) is 18.2 Å². The number of halogens is 3. The molecule has 0 aromatic heterocycles. The van der Waals surface area contributed by atoms with Gasteiger partial charge in [-0.2, -0.15) is 13.2 Å². The summed E-state index contributed by atoms with van der Waals surface area (Å²) in [4.78, 5) is 10.6. The predicted molar refractivity (Wildman–Crippen MR) is 53.6 cm³/mol. The van der Waals surface area contributed by atoms with Gasteiger partial charge in [0.25, 0.3) is 0 Å². The molecule has 0 radical (unpaired) electrons. The van der Waals surface area contributed by atoms with E-state index >= 15 is 0 Å². The highest BCUT2D eigenvalue weighted by molar-refractivity contribution is 5.70. The monoisotopic (exact) mass is 248 g/mol. The van der Waals surface area contributed by atoms with Gasteiger partial charge < -0.3 is 10.2 Å². The first-order chi connectivity index (χ1) is 7.71. The number of carboxylic acid groups (broad SMARTS) is 1. The summed E-state index contributed by atoms with van der Waals surface area (Å²) in [5.41, 5.74) is -0.919. The Bertz CT molecular complexity index is 426. The third-order valence-corrected chi connectivity index (χ3v) is 2.35. The van der Waals surface area contributed by atoms with Crippen molar-refractivity contribution >= 4 is 5.97 Å². The Hall–Kier alpha value is -1.72. The zero-order valence-electron chi connectivity index (χ0n) is 8.95. The predicted octanol–water partition coefficient (Wildman–Crippen LogP) is 2.67. The van der Waals surface area contributed by atoms with Gasteiger partial charge in [0.05, 0.1) is 11.5 Å². The van der Waals surface area contributed by atoms with Crippen molar-refractivity contribution in [2.24, 2.45) is 5.92 Å². The molecule has 0 bridgehead atoms. The van der Waals surface area contributed by atoms with Gasteiger partial charge in [-0.15, -0.1) is 0 Å². The maximum Gasteiger partial charge on any atom is 0.416 e. The van der Waals surface area contributed by atoms with E-state index < -0.39 is 23.6 Å². The summed E-state index contributed by atoms with van der Waals surface area (Å²) in [6, 6.07) is 2.45. The van der Waals surface area contributed by atoms with Crippen LogP contribution >= 0.6 is 0 Å². The van der Waals surface area contributed by atoms with E-state index in [0.29, 0.717) is 0 Å². The minimum absolute atomic E-state index is 0.0188. The summed E-state index contributed by atoms with van der Waals surface area (Å²) in [6.45, 7) is 1.36. The lowest BCUT2D eigenvalue weighted by Gasteiger charge is -2.12. The van der Waals surface area contributed by atoms with E-state index in [1.165, 1.54) is 6.92 Å². The summed E-state index contributed by atoms with van der Waals surface area (Å²) in [5, 5.41) is 18.0. The van der Waals surface area contributed by atoms with Crippen LogP contribution in [-0.4, -0.2) is 16.2 Å². The highest BCUT2D eigenvalue weighted by Crippen LogP contribution is 2.32. The van der Waals surface area contributed by atoms with Crippen LogP contribution in [0, 0.1) is 5.92 Å². The molecule has 6 heteroatoms. The second kappa shape index (κ2) is 4.65. The van der Waals surface area contributed by atoms with Crippen LogP contribution in [0.25, 0.3) is 0 Å². The van der Waals surface area contributed by atoms with E-state index in [1.54, 1.807) is 0 Å². The number of carbonyl (C=O) groups is 1. The van der Waals surface area contributed by atoms with Crippen LogP contribution in [0.5, 0.6) is 5.75 Å². The smallest absolute Gasteiger partial charge is 0.416 e. The van der Waals surface area contributed by atoms with Gasteiger partial charge in [0.2, 0.25) is 0 Å². The van der Waals surface area contributed by atoms with E-state index in [9.17, 15) is 23.1 Å². The molecule has 0 heterocycles. The van der Waals surface area contributed by atoms with Crippen molar-refractivity contribution in [2.45, 2.75) is 19.5 Å². The van der Waals surface area contributed by atoms with Crippen LogP contribution in [0.1, 0.15) is 18.1 Å². The lowest BCUT2D eigenvalue weighted by molar-refractivity contribution is -0.141. The molecule has 1 unspecified atom stereocenters. The van der Waals surface area contributed by atoms with E-state index in [0.717, 1.165) is 18.2 Å². The SMILES string of the molecule is CC(Cc1cc(C(F)(F)F)ccc1O)C(=O)O. The van der Waals surface area contributed by atoms with E-state index in [4.69, 9.17) is 5.11 Å². The van der Waals surface area contributed by atoms with Crippen LogP contribution in [0.4, 0.5) is 13.2 Å². The van der Waals surface area contributed by atoms with Gasteiger partial charge in [0, 0.05) is 0 Å². The zero-order valence-corrected chi connectivity index (χ0v) is 8.95. The summed E-state index contributed by atoms with van der Waals surface area (Å²) in [6.07, 6.45) is -4.65. The Morgan fingerprint density at radius 3 is 2.47 bits per heavy atom. The molecule has 2 N–H and O–H groups in total. The third kappa shape index (κ3) is 3.37. The third-order valence-electron chi connectivity index (χ3n) is 2.35. The van der Waals surface area contributed by atoms with Gasteiger partial charge in [-0.25, -0.2) is 0 Å². The lowest BCUT2D eigenvalue weighted by atomic mass is 9.98. The van der Waals surface area contributed by atoms with Crippen molar-refractivity contribution in [1.29, 1.82) is 0 Å². The van der Waals surface area contributed by atoms with Crippen LogP contribution in [0.3, 0.4) is 0 Å². The molecule has 0 aliphatic carbocycles. The van der Waals surface area contributed by atoms with Gasteiger partial charge in [-0.3, -0.25) is 4.79 Å². The van der Waals surface area contributed by atoms with Crippen LogP contribution in [0.2, 0.25) is 0 Å². The van der Waals surface area contributed by atoms with Crippen molar-refractivity contribution in [3.63, 3.8) is 0 Å².